The Morgan fingerprint density at radius 1 is 1.04 bits per heavy atom. The van der Waals surface area contributed by atoms with Gasteiger partial charge in [-0.3, -0.25) is 15.5 Å². The molecule has 28 heavy (non-hydrogen) atoms. The van der Waals surface area contributed by atoms with Crippen molar-refractivity contribution >= 4 is 35.2 Å². The molecule has 3 rings (SSSR count). The molecule has 0 bridgehead atoms. The van der Waals surface area contributed by atoms with Crippen molar-refractivity contribution in [3.05, 3.63) is 99.1 Å². The van der Waals surface area contributed by atoms with Gasteiger partial charge < -0.3 is 4.74 Å². The van der Waals surface area contributed by atoms with Crippen LogP contribution in [0.2, 0.25) is 5.02 Å². The predicted molar refractivity (Wildman–Crippen MR) is 107 cm³/mol. The Balaban J connectivity index is 1.58. The number of carbonyl (C=O) groups excluding carboxylic acids is 1. The molecule has 0 saturated carbocycles. The largest absolute Gasteiger partial charge is 0.423 e. The second-order valence-corrected chi connectivity index (χ2v) is 6.02. The summed E-state index contributed by atoms with van der Waals surface area (Å²) in [5, 5.41) is 15.0. The van der Waals surface area contributed by atoms with Crippen LogP contribution in [-0.4, -0.2) is 17.1 Å². The normalized spacial score (nSPS) is 10.6. The smallest absolute Gasteiger partial charge is 0.345 e. The lowest BCUT2D eigenvalue weighted by atomic mass is 10.2. The van der Waals surface area contributed by atoms with Gasteiger partial charge in [-0.05, 0) is 54.1 Å². The zero-order valence-corrected chi connectivity index (χ0v) is 15.2. The highest BCUT2D eigenvalue weighted by Crippen LogP contribution is 2.19. The van der Waals surface area contributed by atoms with Gasteiger partial charge in [0, 0.05) is 12.1 Å². The lowest BCUT2D eigenvalue weighted by molar-refractivity contribution is -0.384. The first-order valence-corrected chi connectivity index (χ1v) is 8.51. The molecular formula is C20H14ClN3O4. The Bertz CT molecular complexity index is 1020. The lowest BCUT2D eigenvalue weighted by Gasteiger charge is -2.06. The number of hydrogen-bond acceptors (Lipinski definition) is 6. The summed E-state index contributed by atoms with van der Waals surface area (Å²) in [4.78, 5) is 22.3. The molecule has 8 heteroatoms. The van der Waals surface area contributed by atoms with Crippen molar-refractivity contribution in [3.8, 4) is 5.75 Å². The van der Waals surface area contributed by atoms with E-state index in [0.717, 1.165) is 5.56 Å². The molecule has 0 saturated heterocycles. The maximum absolute atomic E-state index is 12.1. The summed E-state index contributed by atoms with van der Waals surface area (Å²) >= 11 is 5.98. The van der Waals surface area contributed by atoms with Crippen molar-refractivity contribution in [1.29, 1.82) is 0 Å². The van der Waals surface area contributed by atoms with E-state index in [-0.39, 0.29) is 5.69 Å². The predicted octanol–water partition coefficient (Wildman–Crippen LogP) is 4.91. The van der Waals surface area contributed by atoms with Gasteiger partial charge >= 0.3 is 5.97 Å². The Labute approximate surface area is 165 Å². The molecular weight excluding hydrogens is 382 g/mol. The minimum absolute atomic E-state index is 0.0106. The van der Waals surface area contributed by atoms with Crippen LogP contribution in [0, 0.1) is 10.1 Å². The molecule has 0 spiro atoms. The number of non-ortho nitro benzene ring substituents is 1. The Morgan fingerprint density at radius 2 is 1.71 bits per heavy atom. The number of nitro groups is 1. The molecule has 0 aliphatic carbocycles. The van der Waals surface area contributed by atoms with Crippen LogP contribution in [-0.2, 0) is 0 Å². The summed E-state index contributed by atoms with van der Waals surface area (Å²) < 4.78 is 5.30. The number of nitrogens with zero attached hydrogens (tertiary/aromatic N) is 2. The fraction of sp³-hybridized carbons (Fsp3) is 0. The molecule has 0 radical (unpaired) electrons. The summed E-state index contributed by atoms with van der Waals surface area (Å²) in [6.45, 7) is 0. The van der Waals surface area contributed by atoms with Crippen LogP contribution in [0.15, 0.2) is 77.9 Å². The van der Waals surface area contributed by atoms with Crippen LogP contribution < -0.4 is 10.2 Å². The molecule has 0 aliphatic rings. The number of hydrogen-bond donors (Lipinski definition) is 1. The first-order chi connectivity index (χ1) is 13.5. The molecule has 0 unspecified atom stereocenters. The molecule has 0 aromatic heterocycles. The van der Waals surface area contributed by atoms with Crippen LogP contribution in [0.3, 0.4) is 0 Å². The van der Waals surface area contributed by atoms with Crippen molar-refractivity contribution in [2.45, 2.75) is 0 Å². The summed E-state index contributed by atoms with van der Waals surface area (Å²) in [5.74, 6) is -0.155. The SMILES string of the molecule is O=C(Oc1ccc(C=NNc2ccc([N+](=O)[O-])cc2)cc1)c1ccccc1Cl. The van der Waals surface area contributed by atoms with E-state index in [9.17, 15) is 14.9 Å². The minimum atomic E-state index is -0.535. The van der Waals surface area contributed by atoms with Gasteiger partial charge in [0.2, 0.25) is 0 Å². The van der Waals surface area contributed by atoms with Gasteiger partial charge in [0.15, 0.2) is 0 Å². The Kier molecular flexibility index (Phi) is 5.98. The van der Waals surface area contributed by atoms with Crippen LogP contribution in [0.4, 0.5) is 11.4 Å². The van der Waals surface area contributed by atoms with Gasteiger partial charge in [-0.25, -0.2) is 4.79 Å². The first-order valence-electron chi connectivity index (χ1n) is 8.13. The minimum Gasteiger partial charge on any atom is -0.423 e. The summed E-state index contributed by atoms with van der Waals surface area (Å²) in [6.07, 6.45) is 1.57. The number of benzene rings is 3. The number of rotatable bonds is 6. The van der Waals surface area contributed by atoms with E-state index in [2.05, 4.69) is 10.5 Å². The van der Waals surface area contributed by atoms with Crippen molar-refractivity contribution in [1.82, 2.24) is 0 Å². The topological polar surface area (TPSA) is 93.8 Å². The summed E-state index contributed by atoms with van der Waals surface area (Å²) in [5.41, 5.74) is 4.47. The number of anilines is 1. The van der Waals surface area contributed by atoms with Crippen LogP contribution in [0.5, 0.6) is 5.75 Å². The molecule has 0 heterocycles. The Hall–Kier alpha value is -3.71. The summed E-state index contributed by atoms with van der Waals surface area (Å²) in [6, 6.07) is 19.3. The van der Waals surface area contributed by atoms with Crippen LogP contribution in [0.1, 0.15) is 15.9 Å². The maximum Gasteiger partial charge on any atom is 0.345 e. The number of esters is 1. The molecule has 0 amide bonds. The number of nitrogens with one attached hydrogen (secondary N) is 1. The van der Waals surface area contributed by atoms with Gasteiger partial charge in [0.1, 0.15) is 5.75 Å². The highest BCUT2D eigenvalue weighted by atomic mass is 35.5. The second-order valence-electron chi connectivity index (χ2n) is 5.61. The zero-order chi connectivity index (χ0) is 19.9. The zero-order valence-electron chi connectivity index (χ0n) is 14.4. The fourth-order valence-corrected chi connectivity index (χ4v) is 2.46. The number of hydrazone groups is 1. The third-order valence-electron chi connectivity index (χ3n) is 3.67. The van der Waals surface area contributed by atoms with E-state index in [1.54, 1.807) is 66.9 Å². The Morgan fingerprint density at radius 3 is 2.36 bits per heavy atom. The van der Waals surface area contributed by atoms with E-state index >= 15 is 0 Å². The van der Waals surface area contributed by atoms with E-state index in [0.29, 0.717) is 22.0 Å². The molecule has 0 aliphatic heterocycles. The van der Waals surface area contributed by atoms with Crippen molar-refractivity contribution in [2.24, 2.45) is 5.10 Å². The van der Waals surface area contributed by atoms with Gasteiger partial charge in [0.05, 0.1) is 27.4 Å². The molecule has 1 N–H and O–H groups in total. The van der Waals surface area contributed by atoms with Crippen molar-refractivity contribution in [2.75, 3.05) is 5.43 Å². The van der Waals surface area contributed by atoms with Crippen LogP contribution in [0.25, 0.3) is 0 Å². The average molecular weight is 396 g/mol. The van der Waals surface area contributed by atoms with Crippen molar-refractivity contribution < 1.29 is 14.5 Å². The molecule has 0 fully saturated rings. The van der Waals surface area contributed by atoms with Gasteiger partial charge in [-0.15, -0.1) is 0 Å². The lowest BCUT2D eigenvalue weighted by Crippen LogP contribution is -2.08. The number of ether oxygens (including phenoxy) is 1. The highest BCUT2D eigenvalue weighted by molar-refractivity contribution is 6.33. The van der Waals surface area contributed by atoms with Crippen LogP contribution >= 0.6 is 11.6 Å². The van der Waals surface area contributed by atoms with Crippen molar-refractivity contribution in [3.63, 3.8) is 0 Å². The monoisotopic (exact) mass is 395 g/mol. The fourth-order valence-electron chi connectivity index (χ4n) is 2.25. The second kappa shape index (κ2) is 8.79. The van der Waals surface area contributed by atoms with E-state index in [1.807, 2.05) is 0 Å². The molecule has 7 nitrogen and oxygen atoms in total. The highest BCUT2D eigenvalue weighted by Gasteiger charge is 2.11. The standard InChI is InChI=1S/C20H14ClN3O4/c21-19-4-2-1-3-18(19)20(25)28-17-11-5-14(6-12-17)13-22-23-15-7-9-16(10-8-15)24(26)27/h1-13,23H. The number of carbonyl (C=O) groups is 1. The molecule has 140 valence electrons. The average Bonchev–Trinajstić information content (AvgIpc) is 2.70. The third-order valence-corrected chi connectivity index (χ3v) is 4.00. The third kappa shape index (κ3) is 4.93. The van der Waals surface area contributed by atoms with Gasteiger partial charge in [-0.1, -0.05) is 23.7 Å². The van der Waals surface area contributed by atoms with E-state index in [1.165, 1.54) is 12.1 Å². The van der Waals surface area contributed by atoms with Gasteiger partial charge in [0.25, 0.3) is 5.69 Å². The number of nitro benzene ring substituents is 1. The molecule has 0 atom stereocenters. The maximum atomic E-state index is 12.1. The molecule has 3 aromatic rings. The van der Waals surface area contributed by atoms with E-state index in [4.69, 9.17) is 16.3 Å². The molecule has 3 aromatic carbocycles. The summed E-state index contributed by atoms with van der Waals surface area (Å²) in [7, 11) is 0. The number of halogens is 1. The van der Waals surface area contributed by atoms with E-state index < -0.39 is 10.9 Å². The first kappa shape index (κ1) is 19.1. The van der Waals surface area contributed by atoms with Gasteiger partial charge in [-0.2, -0.15) is 5.10 Å². The quantitative estimate of drug-likeness (QED) is 0.210.